The molecule has 0 aromatic rings. The Kier molecular flexibility index (Phi) is 15.4. The second kappa shape index (κ2) is 17.5. The fourth-order valence-electron chi connectivity index (χ4n) is 4.94. The van der Waals surface area contributed by atoms with Crippen LogP contribution >= 0.6 is 0 Å². The molecule has 13 nitrogen and oxygen atoms in total. The average molecular weight is 666 g/mol. The van der Waals surface area contributed by atoms with Crippen molar-refractivity contribution in [3.05, 3.63) is 12.7 Å². The number of ether oxygens (including phenoxy) is 2. The Morgan fingerprint density at radius 3 is 1.91 bits per heavy atom. The average Bonchev–Trinajstić information content (AvgIpc) is 3.36. The van der Waals surface area contributed by atoms with Crippen LogP contribution in [0.2, 0.25) is 0 Å². The molecule has 1 heterocycles. The standard InChI is InChI=1S/C34H59N5O8/c1-13-14-16-23(25(40)28(42)35-17-15-18-36-30(44)46-33(7,8)9)37-27(41)24-19-22(21(2)3)20-39(24)29(43)26(32(4,5)6)38-31(45)47-34(10,11)12/h13,21-24,26H,1,14-20H2,2-12H3,(H,35,42)(H,36,44)(H,37,41)(H,38,45)/t22?,23?,24-,26+/m0/s1. The molecule has 0 aliphatic carbocycles. The highest BCUT2D eigenvalue weighted by atomic mass is 16.6. The van der Waals surface area contributed by atoms with Gasteiger partial charge in [-0.3, -0.25) is 19.2 Å². The zero-order valence-electron chi connectivity index (χ0n) is 30.3. The van der Waals surface area contributed by atoms with Crippen LogP contribution in [0.15, 0.2) is 12.7 Å². The van der Waals surface area contributed by atoms with Crippen molar-refractivity contribution in [3.63, 3.8) is 0 Å². The largest absolute Gasteiger partial charge is 0.444 e. The molecular weight excluding hydrogens is 606 g/mol. The topological polar surface area (TPSA) is 172 Å². The monoisotopic (exact) mass is 665 g/mol. The lowest BCUT2D eigenvalue weighted by Gasteiger charge is -2.36. The molecule has 13 heteroatoms. The molecule has 0 spiro atoms. The van der Waals surface area contributed by atoms with E-state index in [2.05, 4.69) is 27.8 Å². The van der Waals surface area contributed by atoms with Crippen molar-refractivity contribution in [2.24, 2.45) is 17.3 Å². The lowest BCUT2D eigenvalue weighted by atomic mass is 9.85. The number of hydrogen-bond acceptors (Lipinski definition) is 8. The second-order valence-corrected chi connectivity index (χ2v) is 15.5. The maximum Gasteiger partial charge on any atom is 0.408 e. The number of allylic oxidation sites excluding steroid dienone is 1. The summed E-state index contributed by atoms with van der Waals surface area (Å²) in [4.78, 5) is 79.8. The van der Waals surface area contributed by atoms with Gasteiger partial charge in [0.25, 0.3) is 5.91 Å². The van der Waals surface area contributed by atoms with Crippen molar-refractivity contribution in [1.29, 1.82) is 0 Å². The number of carbonyl (C=O) groups is 6. The first-order valence-electron chi connectivity index (χ1n) is 16.5. The van der Waals surface area contributed by atoms with Crippen LogP contribution in [-0.2, 0) is 28.7 Å². The molecule has 0 saturated carbocycles. The molecule has 1 aliphatic heterocycles. The summed E-state index contributed by atoms with van der Waals surface area (Å²) < 4.78 is 10.6. The highest BCUT2D eigenvalue weighted by molar-refractivity contribution is 6.38. The molecule has 1 rings (SSSR count). The molecule has 4 N–H and O–H groups in total. The predicted octanol–water partition coefficient (Wildman–Crippen LogP) is 3.85. The molecule has 1 aliphatic rings. The van der Waals surface area contributed by atoms with E-state index in [1.54, 1.807) is 47.6 Å². The first-order valence-corrected chi connectivity index (χ1v) is 16.5. The summed E-state index contributed by atoms with van der Waals surface area (Å²) in [5.41, 5.74) is -2.13. The maximum atomic E-state index is 14.1. The number of hydrogen-bond donors (Lipinski definition) is 4. The van der Waals surface area contributed by atoms with Crippen LogP contribution in [0.1, 0.15) is 102 Å². The fourth-order valence-corrected chi connectivity index (χ4v) is 4.94. The Morgan fingerprint density at radius 2 is 1.40 bits per heavy atom. The van der Waals surface area contributed by atoms with Gasteiger partial charge in [-0.1, -0.05) is 40.7 Å². The maximum absolute atomic E-state index is 14.1. The minimum atomic E-state index is -1.14. The van der Waals surface area contributed by atoms with Crippen molar-refractivity contribution in [2.45, 2.75) is 131 Å². The minimum absolute atomic E-state index is 0.00300. The van der Waals surface area contributed by atoms with Gasteiger partial charge in [-0.2, -0.15) is 0 Å². The summed E-state index contributed by atoms with van der Waals surface area (Å²) in [6.07, 6.45) is 1.47. The third-order valence-electron chi connectivity index (χ3n) is 7.46. The van der Waals surface area contributed by atoms with E-state index in [0.29, 0.717) is 25.8 Å². The van der Waals surface area contributed by atoms with Crippen molar-refractivity contribution in [3.8, 4) is 0 Å². The fraction of sp³-hybridized carbons (Fsp3) is 0.765. The summed E-state index contributed by atoms with van der Waals surface area (Å²) >= 11 is 0. The van der Waals surface area contributed by atoms with E-state index in [4.69, 9.17) is 9.47 Å². The Bertz CT molecular complexity index is 1130. The minimum Gasteiger partial charge on any atom is -0.444 e. The van der Waals surface area contributed by atoms with Crippen LogP contribution in [0.25, 0.3) is 0 Å². The molecule has 1 fully saturated rings. The molecule has 0 aromatic heterocycles. The Hall–Kier alpha value is -3.64. The third-order valence-corrected chi connectivity index (χ3v) is 7.46. The SMILES string of the molecule is C=CCCC(NC(=O)[C@@H]1CC(C(C)C)CN1C(=O)[C@@H](NC(=O)OC(C)(C)C)C(C)(C)C)C(=O)C(=O)NCCCNC(=O)OC(C)(C)C. The van der Waals surface area contributed by atoms with E-state index in [-0.39, 0.29) is 31.3 Å². The number of nitrogens with zero attached hydrogens (tertiary/aromatic N) is 1. The van der Waals surface area contributed by atoms with Gasteiger partial charge in [-0.25, -0.2) is 9.59 Å². The van der Waals surface area contributed by atoms with E-state index < -0.39 is 70.4 Å². The molecule has 1 saturated heterocycles. The first-order chi connectivity index (χ1) is 21.5. The molecule has 2 unspecified atom stereocenters. The van der Waals surface area contributed by atoms with Crippen LogP contribution in [0.4, 0.5) is 9.59 Å². The molecule has 268 valence electrons. The lowest BCUT2D eigenvalue weighted by molar-refractivity contribution is -0.144. The van der Waals surface area contributed by atoms with Gasteiger partial charge in [-0.15, -0.1) is 6.58 Å². The van der Waals surface area contributed by atoms with E-state index in [9.17, 15) is 28.8 Å². The summed E-state index contributed by atoms with van der Waals surface area (Å²) in [5.74, 6) is -2.52. The van der Waals surface area contributed by atoms with Crippen molar-refractivity contribution >= 4 is 35.7 Å². The highest BCUT2D eigenvalue weighted by Crippen LogP contribution is 2.32. The predicted molar refractivity (Wildman–Crippen MR) is 179 cm³/mol. The number of carbonyl (C=O) groups excluding carboxylic acids is 6. The number of likely N-dealkylation sites (tertiary alicyclic amines) is 1. The number of ketones is 1. The van der Waals surface area contributed by atoms with E-state index in [1.807, 2.05) is 34.6 Å². The number of rotatable bonds is 14. The van der Waals surface area contributed by atoms with Gasteiger partial charge in [0.1, 0.15) is 23.3 Å². The number of alkyl carbamates (subject to hydrolysis) is 2. The molecule has 47 heavy (non-hydrogen) atoms. The van der Waals surface area contributed by atoms with Gasteiger partial charge < -0.3 is 35.6 Å². The van der Waals surface area contributed by atoms with Gasteiger partial charge in [0.2, 0.25) is 17.6 Å². The Balaban J connectivity index is 3.06. The first kappa shape index (κ1) is 41.4. The van der Waals surface area contributed by atoms with Gasteiger partial charge >= 0.3 is 12.2 Å². The Labute approximate surface area is 280 Å². The third kappa shape index (κ3) is 14.8. The van der Waals surface area contributed by atoms with E-state index >= 15 is 0 Å². The van der Waals surface area contributed by atoms with Crippen molar-refractivity contribution < 1.29 is 38.2 Å². The van der Waals surface area contributed by atoms with E-state index in [1.165, 1.54) is 4.90 Å². The zero-order chi connectivity index (χ0) is 36.3. The molecule has 0 radical (unpaired) electrons. The summed E-state index contributed by atoms with van der Waals surface area (Å²) in [6.45, 7) is 24.2. The van der Waals surface area contributed by atoms with Crippen LogP contribution in [-0.4, -0.2) is 89.6 Å². The van der Waals surface area contributed by atoms with Gasteiger partial charge in [-0.05, 0) is 84.5 Å². The summed E-state index contributed by atoms with van der Waals surface area (Å²) in [5, 5.41) is 10.6. The quantitative estimate of drug-likeness (QED) is 0.123. The summed E-state index contributed by atoms with van der Waals surface area (Å²) in [7, 11) is 0. The van der Waals surface area contributed by atoms with Crippen LogP contribution in [0, 0.1) is 17.3 Å². The lowest BCUT2D eigenvalue weighted by Crippen LogP contribution is -2.59. The normalized spacial score (nSPS) is 18.1. The van der Waals surface area contributed by atoms with Crippen molar-refractivity contribution in [1.82, 2.24) is 26.2 Å². The number of Topliss-reactive ketones (excluding diaryl/α,β-unsaturated/α-hetero) is 1. The molecule has 4 atom stereocenters. The second-order valence-electron chi connectivity index (χ2n) is 15.5. The van der Waals surface area contributed by atoms with Crippen LogP contribution in [0.3, 0.4) is 0 Å². The smallest absolute Gasteiger partial charge is 0.408 e. The highest BCUT2D eigenvalue weighted by Gasteiger charge is 2.46. The van der Waals surface area contributed by atoms with Crippen LogP contribution in [0.5, 0.6) is 0 Å². The van der Waals surface area contributed by atoms with Crippen molar-refractivity contribution in [2.75, 3.05) is 19.6 Å². The number of amides is 5. The number of nitrogens with one attached hydrogen (secondary N) is 4. The molecule has 0 aromatic carbocycles. The Morgan fingerprint density at radius 1 is 0.851 bits per heavy atom. The zero-order valence-corrected chi connectivity index (χ0v) is 30.3. The van der Waals surface area contributed by atoms with E-state index in [0.717, 1.165) is 0 Å². The van der Waals surface area contributed by atoms with Gasteiger partial charge in [0.05, 0.1) is 6.04 Å². The van der Waals surface area contributed by atoms with Gasteiger partial charge in [0.15, 0.2) is 0 Å². The van der Waals surface area contributed by atoms with Crippen LogP contribution < -0.4 is 21.3 Å². The molecule has 0 bridgehead atoms. The van der Waals surface area contributed by atoms with Gasteiger partial charge in [0, 0.05) is 19.6 Å². The molecular formula is C34H59N5O8. The summed E-state index contributed by atoms with van der Waals surface area (Å²) in [6, 6.07) is -3.05. The molecule has 5 amide bonds.